The Labute approximate surface area is 94.5 Å². The van der Waals surface area contributed by atoms with Crippen LogP contribution in [0.4, 0.5) is 0 Å². The zero-order chi connectivity index (χ0) is 12.3. The zero-order valence-electron chi connectivity index (χ0n) is 9.86. The normalized spacial score (nSPS) is 12.5. The van der Waals surface area contributed by atoms with Crippen LogP contribution in [0.5, 0.6) is 5.88 Å². The molecule has 1 atom stereocenters. The average molecular weight is 226 g/mol. The minimum Gasteiger partial charge on any atom is -0.481 e. The number of amides is 1. The monoisotopic (exact) mass is 226 g/mol. The van der Waals surface area contributed by atoms with Crippen molar-refractivity contribution in [2.45, 2.75) is 13.3 Å². The Morgan fingerprint density at radius 3 is 2.69 bits per heavy atom. The molecule has 6 heteroatoms. The molecule has 0 aliphatic heterocycles. The summed E-state index contributed by atoms with van der Waals surface area (Å²) in [6.07, 6.45) is 0.467. The van der Waals surface area contributed by atoms with Gasteiger partial charge in [-0.05, 0) is 13.3 Å². The third kappa shape index (κ3) is 2.33. The maximum absolute atomic E-state index is 11.1. The van der Waals surface area contributed by atoms with Crippen LogP contribution in [0.25, 0.3) is 0 Å². The predicted molar refractivity (Wildman–Crippen MR) is 59.9 cm³/mol. The van der Waals surface area contributed by atoms with Gasteiger partial charge in [0.25, 0.3) is 0 Å². The summed E-state index contributed by atoms with van der Waals surface area (Å²) in [6, 6.07) is 0. The van der Waals surface area contributed by atoms with Crippen molar-refractivity contribution >= 4 is 5.91 Å². The number of primary amides is 1. The maximum atomic E-state index is 11.1. The number of nitrogens with zero attached hydrogens (tertiary/aromatic N) is 2. The third-order valence-electron chi connectivity index (χ3n) is 2.62. The van der Waals surface area contributed by atoms with Crippen LogP contribution in [0, 0.1) is 12.8 Å². The van der Waals surface area contributed by atoms with Gasteiger partial charge in [0.15, 0.2) is 0 Å². The molecule has 0 aromatic carbocycles. The predicted octanol–water partition coefficient (Wildman–Crippen LogP) is -0.660. The van der Waals surface area contributed by atoms with Crippen molar-refractivity contribution in [3.05, 3.63) is 11.3 Å². The van der Waals surface area contributed by atoms with Crippen LogP contribution < -0.4 is 16.2 Å². The van der Waals surface area contributed by atoms with Crippen molar-refractivity contribution in [3.8, 4) is 5.88 Å². The molecular weight excluding hydrogens is 208 g/mol. The molecule has 0 spiro atoms. The molecule has 0 aliphatic carbocycles. The zero-order valence-corrected chi connectivity index (χ0v) is 9.86. The van der Waals surface area contributed by atoms with E-state index in [1.807, 2.05) is 6.92 Å². The minimum atomic E-state index is -0.396. The molecule has 0 fully saturated rings. The molecule has 0 saturated carbocycles. The number of carbonyl (C=O) groups is 1. The van der Waals surface area contributed by atoms with E-state index in [9.17, 15) is 4.79 Å². The van der Waals surface area contributed by atoms with Crippen LogP contribution in [0.15, 0.2) is 0 Å². The second-order valence-electron chi connectivity index (χ2n) is 3.74. The van der Waals surface area contributed by atoms with Gasteiger partial charge < -0.3 is 16.2 Å². The van der Waals surface area contributed by atoms with Crippen LogP contribution in [-0.4, -0.2) is 29.3 Å². The highest BCUT2D eigenvalue weighted by Crippen LogP contribution is 2.23. The Bertz CT molecular complexity index is 386. The molecule has 16 heavy (non-hydrogen) atoms. The molecule has 90 valence electrons. The van der Waals surface area contributed by atoms with Gasteiger partial charge in [-0.15, -0.1) is 0 Å². The number of rotatable bonds is 5. The van der Waals surface area contributed by atoms with Gasteiger partial charge in [-0.3, -0.25) is 4.79 Å². The summed E-state index contributed by atoms with van der Waals surface area (Å²) in [5, 5.41) is 4.23. The number of ether oxygens (including phenoxy) is 1. The Hall–Kier alpha value is -1.56. The molecule has 0 bridgehead atoms. The lowest BCUT2D eigenvalue weighted by Gasteiger charge is -2.11. The minimum absolute atomic E-state index is 0.229. The number of hydrogen-bond donors (Lipinski definition) is 2. The van der Waals surface area contributed by atoms with Crippen LogP contribution in [0.1, 0.15) is 11.3 Å². The summed E-state index contributed by atoms with van der Waals surface area (Å²) in [5.74, 6) is -0.123. The van der Waals surface area contributed by atoms with Gasteiger partial charge in [0, 0.05) is 19.2 Å². The molecule has 1 aromatic rings. The first-order chi connectivity index (χ1) is 7.51. The first kappa shape index (κ1) is 12.5. The van der Waals surface area contributed by atoms with E-state index in [0.29, 0.717) is 12.3 Å². The van der Waals surface area contributed by atoms with Crippen molar-refractivity contribution in [1.29, 1.82) is 0 Å². The van der Waals surface area contributed by atoms with E-state index >= 15 is 0 Å². The van der Waals surface area contributed by atoms with Gasteiger partial charge in [-0.2, -0.15) is 5.10 Å². The number of methoxy groups -OCH3 is 1. The summed E-state index contributed by atoms with van der Waals surface area (Å²) in [6.45, 7) is 2.10. The lowest BCUT2D eigenvalue weighted by Crippen LogP contribution is -2.31. The molecule has 0 radical (unpaired) electrons. The van der Waals surface area contributed by atoms with Crippen LogP contribution in [0.3, 0.4) is 0 Å². The average Bonchev–Trinajstić information content (AvgIpc) is 2.48. The molecule has 1 rings (SSSR count). The summed E-state index contributed by atoms with van der Waals surface area (Å²) in [7, 11) is 3.36. The van der Waals surface area contributed by atoms with Crippen molar-refractivity contribution in [2.75, 3.05) is 13.7 Å². The van der Waals surface area contributed by atoms with Gasteiger partial charge in [0.1, 0.15) is 0 Å². The summed E-state index contributed by atoms with van der Waals surface area (Å²) < 4.78 is 6.87. The van der Waals surface area contributed by atoms with Crippen LogP contribution in [-0.2, 0) is 18.3 Å². The van der Waals surface area contributed by atoms with E-state index in [0.717, 1.165) is 11.3 Å². The Morgan fingerprint density at radius 1 is 1.62 bits per heavy atom. The van der Waals surface area contributed by atoms with Crippen molar-refractivity contribution in [1.82, 2.24) is 9.78 Å². The standard InChI is InChI=1S/C10H18N4O2/c1-6-8(4-7(5-11)9(12)15)10(16-3)14(2)13-6/h7H,4-5,11H2,1-3H3,(H2,12,15). The second-order valence-corrected chi connectivity index (χ2v) is 3.74. The lowest BCUT2D eigenvalue weighted by atomic mass is 9.99. The SMILES string of the molecule is COc1c(CC(CN)C(N)=O)c(C)nn1C. The van der Waals surface area contributed by atoms with Gasteiger partial charge in [0.05, 0.1) is 18.7 Å². The highest BCUT2D eigenvalue weighted by molar-refractivity contribution is 5.77. The summed E-state index contributed by atoms with van der Waals surface area (Å²) in [5.41, 5.74) is 12.5. The van der Waals surface area contributed by atoms with E-state index in [-0.39, 0.29) is 12.5 Å². The molecule has 1 aromatic heterocycles. The molecule has 0 aliphatic rings. The van der Waals surface area contributed by atoms with Crippen LogP contribution in [0.2, 0.25) is 0 Å². The summed E-state index contributed by atoms with van der Waals surface area (Å²) >= 11 is 0. The highest BCUT2D eigenvalue weighted by atomic mass is 16.5. The van der Waals surface area contributed by atoms with E-state index in [1.54, 1.807) is 18.8 Å². The fraction of sp³-hybridized carbons (Fsp3) is 0.600. The molecule has 0 saturated heterocycles. The van der Waals surface area contributed by atoms with Crippen molar-refractivity contribution < 1.29 is 9.53 Å². The fourth-order valence-electron chi connectivity index (χ4n) is 1.72. The lowest BCUT2D eigenvalue weighted by molar-refractivity contribution is -0.121. The number of nitrogens with two attached hydrogens (primary N) is 2. The van der Waals surface area contributed by atoms with E-state index in [2.05, 4.69) is 5.10 Å². The Morgan fingerprint density at radius 2 is 2.25 bits per heavy atom. The molecular formula is C10H18N4O2. The van der Waals surface area contributed by atoms with Crippen molar-refractivity contribution in [2.24, 2.45) is 24.4 Å². The van der Waals surface area contributed by atoms with E-state index < -0.39 is 5.91 Å². The van der Waals surface area contributed by atoms with Crippen molar-refractivity contribution in [3.63, 3.8) is 0 Å². The second kappa shape index (κ2) is 4.98. The van der Waals surface area contributed by atoms with E-state index in [4.69, 9.17) is 16.2 Å². The Kier molecular flexibility index (Phi) is 3.89. The topological polar surface area (TPSA) is 96.2 Å². The van der Waals surface area contributed by atoms with E-state index in [1.165, 1.54) is 0 Å². The number of carbonyl (C=O) groups excluding carboxylic acids is 1. The maximum Gasteiger partial charge on any atom is 0.222 e. The highest BCUT2D eigenvalue weighted by Gasteiger charge is 2.21. The van der Waals surface area contributed by atoms with Crippen LogP contribution >= 0.6 is 0 Å². The largest absolute Gasteiger partial charge is 0.481 e. The fourth-order valence-corrected chi connectivity index (χ4v) is 1.72. The number of aromatic nitrogens is 2. The molecule has 1 amide bonds. The van der Waals surface area contributed by atoms with Gasteiger partial charge in [-0.25, -0.2) is 4.68 Å². The van der Waals surface area contributed by atoms with Gasteiger partial charge in [-0.1, -0.05) is 0 Å². The quantitative estimate of drug-likeness (QED) is 0.696. The smallest absolute Gasteiger partial charge is 0.222 e. The molecule has 1 unspecified atom stereocenters. The Balaban J connectivity index is 2.99. The first-order valence-corrected chi connectivity index (χ1v) is 5.07. The number of hydrogen-bond acceptors (Lipinski definition) is 4. The third-order valence-corrected chi connectivity index (χ3v) is 2.62. The first-order valence-electron chi connectivity index (χ1n) is 5.07. The summed E-state index contributed by atoms with van der Waals surface area (Å²) in [4.78, 5) is 11.1. The molecule has 1 heterocycles. The molecule has 6 nitrogen and oxygen atoms in total. The molecule has 4 N–H and O–H groups in total. The van der Waals surface area contributed by atoms with Gasteiger partial charge in [0.2, 0.25) is 11.8 Å². The number of aryl methyl sites for hydroxylation is 2. The van der Waals surface area contributed by atoms with Gasteiger partial charge >= 0.3 is 0 Å².